The third kappa shape index (κ3) is 27.3. The second kappa shape index (κ2) is 24.0. The lowest BCUT2D eigenvalue weighted by molar-refractivity contribution is -0.147. The maximum absolute atomic E-state index is 11.7. The largest absolute Gasteiger partial charge is 0.463 e. The molecule has 0 aromatic rings. The molecule has 0 atom stereocenters. The van der Waals surface area contributed by atoms with Crippen LogP contribution in [0.25, 0.3) is 0 Å². The Balaban J connectivity index is 0. The van der Waals surface area contributed by atoms with Crippen molar-refractivity contribution >= 4 is 43.1 Å². The first kappa shape index (κ1) is 43.8. The zero-order chi connectivity index (χ0) is 34.2. The summed E-state index contributed by atoms with van der Waals surface area (Å²) in [6.07, 6.45) is 5.44. The van der Waals surface area contributed by atoms with E-state index in [1.54, 1.807) is 13.8 Å². The molecular formula is C30H57NO10Si3. The number of unbranched alkanes of at least 4 members (excludes halogenated alkanes) is 1. The van der Waals surface area contributed by atoms with Gasteiger partial charge in [0, 0.05) is 24.2 Å². The number of nitriles is 1. The number of nitrogens with zero attached hydrogens (tertiary/aromatic N) is 1. The monoisotopic (exact) mass is 675 g/mol. The smallest absolute Gasteiger partial charge is 0.333 e. The van der Waals surface area contributed by atoms with E-state index >= 15 is 0 Å². The third-order valence-corrected chi connectivity index (χ3v) is 17.1. The molecule has 44 heavy (non-hydrogen) atoms. The van der Waals surface area contributed by atoms with Crippen LogP contribution in [-0.2, 0) is 46.3 Å². The summed E-state index contributed by atoms with van der Waals surface area (Å²) in [7, 11) is -5.66. The summed E-state index contributed by atoms with van der Waals surface area (Å²) < 4.78 is 37.7. The Labute approximate surface area is 268 Å². The topological polar surface area (TPSA) is 140 Å². The molecule has 0 aromatic heterocycles. The zero-order valence-corrected chi connectivity index (χ0v) is 31.6. The fraction of sp³-hybridized carbons (Fsp3) is 0.733. The van der Waals surface area contributed by atoms with Crippen molar-refractivity contribution in [1.29, 1.82) is 5.26 Å². The van der Waals surface area contributed by atoms with Gasteiger partial charge in [-0.05, 0) is 78.1 Å². The Morgan fingerprint density at radius 2 is 1.18 bits per heavy atom. The van der Waals surface area contributed by atoms with Gasteiger partial charge in [0.05, 0.1) is 13.2 Å². The van der Waals surface area contributed by atoms with Gasteiger partial charge < -0.3 is 31.9 Å². The molecule has 0 bridgehead atoms. The van der Waals surface area contributed by atoms with Gasteiger partial charge in [0.15, 0.2) is 16.6 Å². The van der Waals surface area contributed by atoms with Gasteiger partial charge >= 0.3 is 26.5 Å². The lowest BCUT2D eigenvalue weighted by Gasteiger charge is -2.38. The second-order valence-corrected chi connectivity index (χ2v) is 24.5. The Morgan fingerprint density at radius 1 is 0.682 bits per heavy atom. The molecule has 0 unspecified atom stereocenters. The van der Waals surface area contributed by atoms with E-state index in [9.17, 15) is 14.4 Å². The Hall–Kier alpha value is -2.29. The van der Waals surface area contributed by atoms with Crippen molar-refractivity contribution < 1.29 is 46.3 Å². The predicted molar refractivity (Wildman–Crippen MR) is 178 cm³/mol. The first-order chi connectivity index (χ1) is 20.4. The van der Waals surface area contributed by atoms with Gasteiger partial charge in [0.1, 0.15) is 19.8 Å². The van der Waals surface area contributed by atoms with E-state index in [-0.39, 0.29) is 38.8 Å². The molecule has 0 aliphatic carbocycles. The van der Waals surface area contributed by atoms with Crippen LogP contribution in [0.3, 0.4) is 0 Å². The molecule has 0 aliphatic rings. The van der Waals surface area contributed by atoms with Crippen LogP contribution in [0.2, 0.25) is 51.4 Å². The van der Waals surface area contributed by atoms with E-state index in [2.05, 4.69) is 68.8 Å². The molecule has 0 rings (SSSR count). The minimum atomic E-state index is -2.15. The van der Waals surface area contributed by atoms with Crippen molar-refractivity contribution in [1.82, 2.24) is 0 Å². The minimum absolute atomic E-state index is 0.0826. The molecule has 11 nitrogen and oxygen atoms in total. The second-order valence-electron chi connectivity index (χ2n) is 12.0. The molecule has 0 spiro atoms. The summed E-state index contributed by atoms with van der Waals surface area (Å²) in [6.45, 7) is 27.3. The molecule has 0 saturated carbocycles. The molecule has 0 saturated heterocycles. The number of carbonyl (C=O) groups excluding carboxylic acids is 3. The van der Waals surface area contributed by atoms with Crippen LogP contribution in [0.5, 0.6) is 0 Å². The van der Waals surface area contributed by atoms with Gasteiger partial charge in [-0.25, -0.2) is 9.59 Å². The molecule has 0 fully saturated rings. The third-order valence-electron chi connectivity index (χ3n) is 5.67. The number of esters is 3. The number of hydrogen-bond donors (Lipinski definition) is 0. The van der Waals surface area contributed by atoms with Crippen molar-refractivity contribution in [3.8, 4) is 6.26 Å². The summed E-state index contributed by atoms with van der Waals surface area (Å²) >= 11 is 0. The van der Waals surface area contributed by atoms with E-state index in [1.807, 2.05) is 0 Å². The molecule has 14 heteroatoms. The fourth-order valence-electron chi connectivity index (χ4n) is 3.89. The van der Waals surface area contributed by atoms with Crippen LogP contribution < -0.4 is 0 Å². The number of rotatable bonds is 23. The van der Waals surface area contributed by atoms with Crippen molar-refractivity contribution in [2.45, 2.75) is 104 Å². The molecule has 0 radical (unpaired) electrons. The first-order valence-corrected chi connectivity index (χ1v) is 24.2. The van der Waals surface area contributed by atoms with Crippen molar-refractivity contribution in [2.75, 3.05) is 39.6 Å². The summed E-state index contributed by atoms with van der Waals surface area (Å²) in [5.41, 5.74) is 0.682. The minimum Gasteiger partial charge on any atom is -0.463 e. The van der Waals surface area contributed by atoms with Crippen LogP contribution in [0.1, 0.15) is 52.9 Å². The first-order valence-electron chi connectivity index (χ1n) is 15.2. The lowest BCUT2D eigenvalue weighted by Crippen LogP contribution is -2.52. The standard InChI is InChI=1S/C23H48O7Si3.C7H9NO3/c1-10-11-19-31(4,5)29-33(8,9)30-32(6,7)20-13-15-26-17-18-27-22(24)14-12-16-28-23(25)21(2)3;1-6(2)7(9)11-4-3-10-5-8/h2,10-20H2,1,3-9H3;1,3-4H2,2H3. The Morgan fingerprint density at radius 3 is 1.68 bits per heavy atom. The van der Waals surface area contributed by atoms with Gasteiger partial charge in [-0.3, -0.25) is 4.79 Å². The molecular weight excluding hydrogens is 619 g/mol. The number of carbonyl (C=O) groups is 3. The molecule has 0 N–H and O–H groups in total. The van der Waals surface area contributed by atoms with Gasteiger partial charge in [-0.15, -0.1) is 0 Å². The van der Waals surface area contributed by atoms with Gasteiger partial charge in [0.2, 0.25) is 0 Å². The van der Waals surface area contributed by atoms with E-state index in [0.29, 0.717) is 30.8 Å². The van der Waals surface area contributed by atoms with Crippen molar-refractivity contribution in [3.63, 3.8) is 0 Å². The van der Waals surface area contributed by atoms with Crippen LogP contribution in [0.4, 0.5) is 0 Å². The zero-order valence-electron chi connectivity index (χ0n) is 28.6. The molecule has 0 aliphatic heterocycles. The van der Waals surface area contributed by atoms with Crippen LogP contribution in [-0.4, -0.2) is 82.7 Å². The van der Waals surface area contributed by atoms with Crippen LogP contribution >= 0.6 is 0 Å². The predicted octanol–water partition coefficient (Wildman–Crippen LogP) is 6.38. The average molecular weight is 676 g/mol. The Bertz CT molecular complexity index is 933. The molecule has 0 heterocycles. The number of hydrogen-bond acceptors (Lipinski definition) is 11. The normalized spacial score (nSPS) is 11.4. The van der Waals surface area contributed by atoms with Gasteiger partial charge in [-0.2, -0.15) is 5.26 Å². The SMILES string of the molecule is C=C(C)C(=O)OCCCC(=O)OCCOCCC[Si](C)(C)O[Si](C)(C)O[Si](C)(C)CCCC.C=C(C)C(=O)OCCOC#N. The van der Waals surface area contributed by atoms with Crippen LogP contribution in [0.15, 0.2) is 24.3 Å². The summed E-state index contributed by atoms with van der Waals surface area (Å²) in [4.78, 5) is 33.6. The highest BCUT2D eigenvalue weighted by molar-refractivity contribution is 6.87. The molecule has 254 valence electrons. The Kier molecular flexibility index (Phi) is 23.9. The maximum atomic E-state index is 11.7. The van der Waals surface area contributed by atoms with Gasteiger partial charge in [-0.1, -0.05) is 32.9 Å². The quantitative estimate of drug-likeness (QED) is 0.0297. The highest BCUT2D eigenvalue weighted by atomic mass is 28.5. The van der Waals surface area contributed by atoms with E-state index < -0.39 is 37.1 Å². The summed E-state index contributed by atoms with van der Waals surface area (Å²) in [5, 5.41) is 7.91. The van der Waals surface area contributed by atoms with Crippen LogP contribution in [0, 0.1) is 11.5 Å². The lowest BCUT2D eigenvalue weighted by atomic mass is 10.3. The highest BCUT2D eigenvalue weighted by Gasteiger charge is 2.39. The molecule has 0 amide bonds. The average Bonchev–Trinajstić information content (AvgIpc) is 2.90. The summed E-state index contributed by atoms with van der Waals surface area (Å²) in [6, 6.07) is 2.19. The molecule has 0 aromatic carbocycles. The van der Waals surface area contributed by atoms with E-state index in [4.69, 9.17) is 27.7 Å². The highest BCUT2D eigenvalue weighted by Crippen LogP contribution is 2.26. The summed E-state index contributed by atoms with van der Waals surface area (Å²) in [5.74, 6) is -1.22. The van der Waals surface area contributed by atoms with E-state index in [1.165, 1.54) is 25.1 Å². The van der Waals surface area contributed by atoms with Gasteiger partial charge in [0.25, 0.3) is 6.26 Å². The number of ether oxygens (including phenoxy) is 5. The fourth-order valence-corrected chi connectivity index (χ4v) is 18.1. The maximum Gasteiger partial charge on any atom is 0.333 e. The van der Waals surface area contributed by atoms with Crippen molar-refractivity contribution in [2.24, 2.45) is 0 Å². The van der Waals surface area contributed by atoms with Crippen molar-refractivity contribution in [3.05, 3.63) is 24.3 Å². The van der Waals surface area contributed by atoms with E-state index in [0.717, 1.165) is 12.5 Å².